The molecule has 27 heavy (non-hydrogen) atoms. The molecule has 5 heteroatoms. The van der Waals surface area contributed by atoms with E-state index in [0.29, 0.717) is 11.3 Å². The van der Waals surface area contributed by atoms with Crippen LogP contribution < -0.4 is 15.5 Å². The molecule has 3 aromatic rings. The second kappa shape index (κ2) is 6.96. The summed E-state index contributed by atoms with van der Waals surface area (Å²) in [6.07, 6.45) is -0.319. The van der Waals surface area contributed by atoms with Crippen molar-refractivity contribution in [3.63, 3.8) is 0 Å². The minimum atomic E-state index is -0.319. The van der Waals surface area contributed by atoms with Gasteiger partial charge in [-0.1, -0.05) is 42.5 Å². The first-order chi connectivity index (χ1) is 13.1. The van der Waals surface area contributed by atoms with Gasteiger partial charge in [0.15, 0.2) is 0 Å². The lowest BCUT2D eigenvalue weighted by molar-refractivity contribution is -0.114. The van der Waals surface area contributed by atoms with Crippen LogP contribution >= 0.6 is 0 Å². The van der Waals surface area contributed by atoms with E-state index in [4.69, 9.17) is 0 Å². The van der Waals surface area contributed by atoms with E-state index in [2.05, 4.69) is 10.6 Å². The van der Waals surface area contributed by atoms with Gasteiger partial charge in [-0.05, 0) is 42.0 Å². The first kappa shape index (κ1) is 16.8. The standard InChI is InChI=1S/C22H19N3O2/c1-15(26)23-17-11-13-18(14-12-17)25-21(16-7-3-2-4-8-16)24-20-10-6-5-9-19(20)22(25)27/h2-14,21,24H,1H3,(H,23,26). The minimum Gasteiger partial charge on any atom is -0.360 e. The number of anilines is 3. The van der Waals surface area contributed by atoms with Crippen LogP contribution in [0.5, 0.6) is 0 Å². The molecule has 0 aromatic heterocycles. The van der Waals surface area contributed by atoms with Gasteiger partial charge in [-0.2, -0.15) is 0 Å². The molecule has 2 N–H and O–H groups in total. The predicted molar refractivity (Wildman–Crippen MR) is 107 cm³/mol. The van der Waals surface area contributed by atoms with Crippen LogP contribution in [0, 0.1) is 0 Å². The lowest BCUT2D eigenvalue weighted by atomic mass is 10.0. The molecule has 4 rings (SSSR count). The first-order valence-electron chi connectivity index (χ1n) is 8.75. The first-order valence-corrected chi connectivity index (χ1v) is 8.75. The van der Waals surface area contributed by atoms with E-state index in [1.807, 2.05) is 66.7 Å². The predicted octanol–water partition coefficient (Wildman–Crippen LogP) is 4.42. The van der Waals surface area contributed by atoms with Gasteiger partial charge in [-0.3, -0.25) is 14.5 Å². The summed E-state index contributed by atoms with van der Waals surface area (Å²) in [4.78, 5) is 26.3. The van der Waals surface area contributed by atoms with Crippen LogP contribution in [0.4, 0.5) is 17.1 Å². The van der Waals surface area contributed by atoms with Crippen LogP contribution in [-0.4, -0.2) is 11.8 Å². The minimum absolute atomic E-state index is 0.0644. The Bertz CT molecular complexity index is 984. The van der Waals surface area contributed by atoms with E-state index >= 15 is 0 Å². The number of nitrogens with one attached hydrogen (secondary N) is 2. The molecule has 0 saturated heterocycles. The van der Waals surface area contributed by atoms with Crippen molar-refractivity contribution in [1.29, 1.82) is 0 Å². The van der Waals surface area contributed by atoms with Gasteiger partial charge in [0.05, 0.1) is 5.56 Å². The molecule has 1 unspecified atom stereocenters. The van der Waals surface area contributed by atoms with Crippen molar-refractivity contribution in [3.05, 3.63) is 90.0 Å². The number of hydrogen-bond donors (Lipinski definition) is 2. The second-order valence-electron chi connectivity index (χ2n) is 6.41. The van der Waals surface area contributed by atoms with Crippen LogP contribution in [0.2, 0.25) is 0 Å². The lowest BCUT2D eigenvalue weighted by Crippen LogP contribution is -2.43. The fourth-order valence-electron chi connectivity index (χ4n) is 3.30. The summed E-state index contributed by atoms with van der Waals surface area (Å²) in [7, 11) is 0. The van der Waals surface area contributed by atoms with E-state index in [0.717, 1.165) is 16.9 Å². The summed E-state index contributed by atoms with van der Waals surface area (Å²) in [6, 6.07) is 24.7. The number of benzene rings is 3. The molecule has 0 aliphatic carbocycles. The molecule has 2 amide bonds. The molecule has 1 aliphatic heterocycles. The lowest BCUT2D eigenvalue weighted by Gasteiger charge is -2.38. The van der Waals surface area contributed by atoms with Crippen molar-refractivity contribution < 1.29 is 9.59 Å². The highest BCUT2D eigenvalue weighted by atomic mass is 16.2. The van der Waals surface area contributed by atoms with Crippen LogP contribution in [-0.2, 0) is 4.79 Å². The summed E-state index contributed by atoms with van der Waals surface area (Å²) < 4.78 is 0. The van der Waals surface area contributed by atoms with Crippen molar-refractivity contribution in [2.45, 2.75) is 13.1 Å². The number of carbonyl (C=O) groups is 2. The number of carbonyl (C=O) groups excluding carboxylic acids is 2. The van der Waals surface area contributed by atoms with E-state index in [1.165, 1.54) is 6.92 Å². The summed E-state index contributed by atoms with van der Waals surface area (Å²) in [5.74, 6) is -0.194. The fraction of sp³-hybridized carbons (Fsp3) is 0.0909. The van der Waals surface area contributed by atoms with Crippen molar-refractivity contribution >= 4 is 28.9 Å². The molecule has 1 heterocycles. The largest absolute Gasteiger partial charge is 0.360 e. The van der Waals surface area contributed by atoms with Gasteiger partial charge in [0.25, 0.3) is 5.91 Å². The molecule has 5 nitrogen and oxygen atoms in total. The maximum atomic E-state index is 13.3. The Kier molecular flexibility index (Phi) is 4.34. The number of amides is 2. The Hall–Kier alpha value is -3.60. The van der Waals surface area contributed by atoms with Gasteiger partial charge in [-0.15, -0.1) is 0 Å². The maximum Gasteiger partial charge on any atom is 0.262 e. The highest BCUT2D eigenvalue weighted by Gasteiger charge is 2.33. The highest BCUT2D eigenvalue weighted by molar-refractivity contribution is 6.12. The van der Waals surface area contributed by atoms with Crippen molar-refractivity contribution in [2.24, 2.45) is 0 Å². The average molecular weight is 357 g/mol. The topological polar surface area (TPSA) is 61.4 Å². The maximum absolute atomic E-state index is 13.3. The highest BCUT2D eigenvalue weighted by Crippen LogP contribution is 2.36. The fourth-order valence-corrected chi connectivity index (χ4v) is 3.30. The van der Waals surface area contributed by atoms with E-state index in [9.17, 15) is 9.59 Å². The molecule has 134 valence electrons. The Morgan fingerprint density at radius 1 is 0.926 bits per heavy atom. The van der Waals surface area contributed by atoms with Gasteiger partial charge in [-0.25, -0.2) is 0 Å². The van der Waals surface area contributed by atoms with Crippen LogP contribution in [0.3, 0.4) is 0 Å². The molecule has 0 radical (unpaired) electrons. The quantitative estimate of drug-likeness (QED) is 0.730. The summed E-state index contributed by atoms with van der Waals surface area (Å²) in [5.41, 5.74) is 3.90. The number of hydrogen-bond acceptors (Lipinski definition) is 3. The zero-order valence-electron chi connectivity index (χ0n) is 14.8. The third-order valence-corrected chi connectivity index (χ3v) is 4.51. The average Bonchev–Trinajstić information content (AvgIpc) is 2.69. The number of fused-ring (bicyclic) bond motifs is 1. The number of para-hydroxylation sites is 1. The Morgan fingerprint density at radius 2 is 1.59 bits per heavy atom. The SMILES string of the molecule is CC(=O)Nc1ccc(N2C(=O)c3ccccc3NC2c2ccccc2)cc1. The molecule has 1 atom stereocenters. The Labute approximate surface area is 157 Å². The van der Waals surface area contributed by atoms with Gasteiger partial charge in [0.1, 0.15) is 6.17 Å². The van der Waals surface area contributed by atoms with E-state index in [1.54, 1.807) is 17.0 Å². The molecular weight excluding hydrogens is 338 g/mol. The second-order valence-corrected chi connectivity index (χ2v) is 6.41. The van der Waals surface area contributed by atoms with E-state index < -0.39 is 0 Å². The van der Waals surface area contributed by atoms with Crippen LogP contribution in [0.25, 0.3) is 0 Å². The monoisotopic (exact) mass is 357 g/mol. The number of nitrogens with zero attached hydrogens (tertiary/aromatic N) is 1. The third kappa shape index (κ3) is 3.27. The van der Waals surface area contributed by atoms with E-state index in [-0.39, 0.29) is 18.0 Å². The third-order valence-electron chi connectivity index (χ3n) is 4.51. The van der Waals surface area contributed by atoms with Gasteiger partial charge >= 0.3 is 0 Å². The number of rotatable bonds is 3. The van der Waals surface area contributed by atoms with Gasteiger partial charge in [0, 0.05) is 24.0 Å². The zero-order valence-corrected chi connectivity index (χ0v) is 14.8. The van der Waals surface area contributed by atoms with Crippen LogP contribution in [0.1, 0.15) is 29.0 Å². The van der Waals surface area contributed by atoms with Gasteiger partial charge < -0.3 is 10.6 Å². The molecule has 1 aliphatic rings. The summed E-state index contributed by atoms with van der Waals surface area (Å²) in [6.45, 7) is 1.47. The molecule has 0 saturated carbocycles. The smallest absolute Gasteiger partial charge is 0.262 e. The van der Waals surface area contributed by atoms with Gasteiger partial charge in [0.2, 0.25) is 5.91 Å². The van der Waals surface area contributed by atoms with Crippen molar-refractivity contribution in [2.75, 3.05) is 15.5 Å². The Morgan fingerprint density at radius 3 is 2.30 bits per heavy atom. The molecule has 0 bridgehead atoms. The summed E-state index contributed by atoms with van der Waals surface area (Å²) >= 11 is 0. The molecular formula is C22H19N3O2. The van der Waals surface area contributed by atoms with Crippen LogP contribution in [0.15, 0.2) is 78.9 Å². The molecule has 0 spiro atoms. The summed E-state index contributed by atoms with van der Waals surface area (Å²) in [5, 5.41) is 6.22. The molecule has 3 aromatic carbocycles. The van der Waals surface area contributed by atoms with Crippen molar-refractivity contribution in [1.82, 2.24) is 0 Å². The molecule has 0 fully saturated rings. The zero-order chi connectivity index (χ0) is 18.8. The normalized spacial score (nSPS) is 15.7. The van der Waals surface area contributed by atoms with Crippen molar-refractivity contribution in [3.8, 4) is 0 Å². The Balaban J connectivity index is 1.77.